The number of hydrogen-bond donors (Lipinski definition) is 0. The van der Waals surface area contributed by atoms with Crippen LogP contribution in [0.15, 0.2) is 30.0 Å². The lowest BCUT2D eigenvalue weighted by Gasteiger charge is -2.10. The van der Waals surface area contributed by atoms with E-state index in [0.29, 0.717) is 11.8 Å². The molecule has 0 aliphatic heterocycles. The predicted octanol–water partition coefficient (Wildman–Crippen LogP) is 3.94. The van der Waals surface area contributed by atoms with Crippen LogP contribution in [0.3, 0.4) is 0 Å². The van der Waals surface area contributed by atoms with Gasteiger partial charge in [-0.15, -0.1) is 0 Å². The van der Waals surface area contributed by atoms with Crippen LogP contribution in [0.25, 0.3) is 0 Å². The van der Waals surface area contributed by atoms with Crippen molar-refractivity contribution < 1.29 is 4.74 Å². The molecule has 0 aliphatic rings. The zero-order valence-electron chi connectivity index (χ0n) is 10.7. The summed E-state index contributed by atoms with van der Waals surface area (Å²) in [6.07, 6.45) is 6.49. The van der Waals surface area contributed by atoms with Gasteiger partial charge in [-0.05, 0) is 38.2 Å². The van der Waals surface area contributed by atoms with Gasteiger partial charge >= 0.3 is 0 Å². The molecule has 0 aliphatic carbocycles. The SMILES string of the molecule is COc1ccc(C(C)CCC=C(C)C)cn1. The summed E-state index contributed by atoms with van der Waals surface area (Å²) in [5.74, 6) is 1.23. The van der Waals surface area contributed by atoms with Crippen molar-refractivity contribution in [2.75, 3.05) is 7.11 Å². The number of rotatable bonds is 5. The standard InChI is InChI=1S/C14H21NO/c1-11(2)6-5-7-12(3)13-8-9-14(16-4)15-10-13/h6,8-10,12H,5,7H2,1-4H3. The maximum absolute atomic E-state index is 5.04. The van der Waals surface area contributed by atoms with Gasteiger partial charge < -0.3 is 4.74 Å². The fourth-order valence-corrected chi connectivity index (χ4v) is 1.59. The van der Waals surface area contributed by atoms with Gasteiger partial charge in [-0.25, -0.2) is 4.98 Å². The molecule has 2 nitrogen and oxygen atoms in total. The Morgan fingerprint density at radius 2 is 2.19 bits per heavy atom. The van der Waals surface area contributed by atoms with Gasteiger partial charge in [0.25, 0.3) is 0 Å². The maximum atomic E-state index is 5.04. The number of allylic oxidation sites excluding steroid dienone is 2. The molecule has 88 valence electrons. The minimum absolute atomic E-state index is 0.550. The third kappa shape index (κ3) is 4.05. The molecule has 1 unspecified atom stereocenters. The predicted molar refractivity (Wildman–Crippen MR) is 67.9 cm³/mol. The van der Waals surface area contributed by atoms with E-state index in [-0.39, 0.29) is 0 Å². The van der Waals surface area contributed by atoms with Crippen LogP contribution in [-0.2, 0) is 0 Å². The number of nitrogens with zero attached hydrogens (tertiary/aromatic N) is 1. The molecule has 0 spiro atoms. The van der Waals surface area contributed by atoms with E-state index >= 15 is 0 Å². The van der Waals surface area contributed by atoms with Crippen molar-refractivity contribution in [1.29, 1.82) is 0 Å². The summed E-state index contributed by atoms with van der Waals surface area (Å²) < 4.78 is 5.04. The van der Waals surface area contributed by atoms with E-state index in [0.717, 1.165) is 6.42 Å². The number of aromatic nitrogens is 1. The quantitative estimate of drug-likeness (QED) is 0.700. The van der Waals surface area contributed by atoms with Gasteiger partial charge in [0.15, 0.2) is 0 Å². The summed E-state index contributed by atoms with van der Waals surface area (Å²) in [4.78, 5) is 4.22. The van der Waals surface area contributed by atoms with Crippen molar-refractivity contribution in [2.24, 2.45) is 0 Å². The summed E-state index contributed by atoms with van der Waals surface area (Å²) in [5, 5.41) is 0. The fourth-order valence-electron chi connectivity index (χ4n) is 1.59. The first-order chi connectivity index (χ1) is 7.63. The molecule has 1 aromatic heterocycles. The molecule has 0 fully saturated rings. The molecular weight excluding hydrogens is 198 g/mol. The summed E-state index contributed by atoms with van der Waals surface area (Å²) in [6, 6.07) is 4.02. The first-order valence-electron chi connectivity index (χ1n) is 5.76. The molecule has 0 amide bonds. The van der Waals surface area contributed by atoms with Gasteiger partial charge in [-0.3, -0.25) is 0 Å². The largest absolute Gasteiger partial charge is 0.481 e. The van der Waals surface area contributed by atoms with E-state index in [2.05, 4.69) is 37.9 Å². The molecule has 0 saturated heterocycles. The summed E-state index contributed by atoms with van der Waals surface area (Å²) >= 11 is 0. The molecule has 1 heterocycles. The molecule has 1 atom stereocenters. The highest BCUT2D eigenvalue weighted by molar-refractivity contribution is 5.20. The Labute approximate surface area is 98.4 Å². The Hall–Kier alpha value is -1.31. The van der Waals surface area contributed by atoms with Crippen LogP contribution in [0.5, 0.6) is 5.88 Å². The fraction of sp³-hybridized carbons (Fsp3) is 0.500. The summed E-state index contributed by atoms with van der Waals surface area (Å²) in [7, 11) is 1.64. The van der Waals surface area contributed by atoms with E-state index < -0.39 is 0 Å². The van der Waals surface area contributed by atoms with E-state index in [1.807, 2.05) is 12.3 Å². The molecule has 1 rings (SSSR count). The third-order valence-electron chi connectivity index (χ3n) is 2.69. The zero-order valence-corrected chi connectivity index (χ0v) is 10.7. The molecular formula is C14H21NO. The van der Waals surface area contributed by atoms with Crippen LogP contribution in [-0.4, -0.2) is 12.1 Å². The Morgan fingerprint density at radius 3 is 2.69 bits per heavy atom. The van der Waals surface area contributed by atoms with Crippen LogP contribution in [0, 0.1) is 0 Å². The molecule has 0 saturated carbocycles. The van der Waals surface area contributed by atoms with Crippen molar-refractivity contribution in [2.45, 2.75) is 39.5 Å². The van der Waals surface area contributed by atoms with Gasteiger partial charge in [0, 0.05) is 12.3 Å². The van der Waals surface area contributed by atoms with Gasteiger partial charge in [-0.2, -0.15) is 0 Å². The first kappa shape index (κ1) is 12.8. The van der Waals surface area contributed by atoms with Crippen molar-refractivity contribution in [1.82, 2.24) is 4.98 Å². The Balaban J connectivity index is 2.52. The monoisotopic (exact) mass is 219 g/mol. The second-order valence-corrected chi connectivity index (χ2v) is 4.39. The number of pyridine rings is 1. The molecule has 0 bridgehead atoms. The second-order valence-electron chi connectivity index (χ2n) is 4.39. The number of methoxy groups -OCH3 is 1. The molecule has 0 N–H and O–H groups in total. The van der Waals surface area contributed by atoms with Gasteiger partial charge in [0.05, 0.1) is 7.11 Å². The van der Waals surface area contributed by atoms with Gasteiger partial charge in [0.2, 0.25) is 5.88 Å². The molecule has 16 heavy (non-hydrogen) atoms. The minimum Gasteiger partial charge on any atom is -0.481 e. The van der Waals surface area contributed by atoms with Crippen molar-refractivity contribution in [3.05, 3.63) is 35.5 Å². The highest BCUT2D eigenvalue weighted by Crippen LogP contribution is 2.21. The summed E-state index contributed by atoms with van der Waals surface area (Å²) in [6.45, 7) is 6.52. The maximum Gasteiger partial charge on any atom is 0.212 e. The van der Waals surface area contributed by atoms with Crippen LogP contribution >= 0.6 is 0 Å². The molecule has 0 radical (unpaired) electrons. The van der Waals surface area contributed by atoms with Crippen LogP contribution in [0.1, 0.15) is 45.1 Å². The zero-order chi connectivity index (χ0) is 12.0. The number of hydrogen-bond acceptors (Lipinski definition) is 2. The van der Waals surface area contributed by atoms with E-state index in [1.165, 1.54) is 17.6 Å². The highest BCUT2D eigenvalue weighted by Gasteiger charge is 2.05. The Morgan fingerprint density at radius 1 is 1.44 bits per heavy atom. The average Bonchev–Trinajstić information content (AvgIpc) is 2.28. The Bertz CT molecular complexity index is 336. The second kappa shape index (κ2) is 6.31. The lowest BCUT2D eigenvalue weighted by molar-refractivity contribution is 0.397. The Kier molecular flexibility index (Phi) is 5.03. The minimum atomic E-state index is 0.550. The third-order valence-corrected chi connectivity index (χ3v) is 2.69. The van der Waals surface area contributed by atoms with E-state index in [9.17, 15) is 0 Å². The van der Waals surface area contributed by atoms with Crippen molar-refractivity contribution in [3.8, 4) is 5.88 Å². The smallest absolute Gasteiger partial charge is 0.212 e. The highest BCUT2D eigenvalue weighted by atomic mass is 16.5. The van der Waals surface area contributed by atoms with Crippen LogP contribution in [0.2, 0.25) is 0 Å². The molecule has 0 aromatic carbocycles. The van der Waals surface area contributed by atoms with Crippen molar-refractivity contribution in [3.63, 3.8) is 0 Å². The molecule has 1 aromatic rings. The summed E-state index contributed by atoms with van der Waals surface area (Å²) in [5.41, 5.74) is 2.67. The van der Waals surface area contributed by atoms with Crippen LogP contribution < -0.4 is 4.74 Å². The lowest BCUT2D eigenvalue weighted by atomic mass is 9.97. The average molecular weight is 219 g/mol. The van der Waals surface area contributed by atoms with Crippen molar-refractivity contribution >= 4 is 0 Å². The lowest BCUT2D eigenvalue weighted by Crippen LogP contribution is -1.95. The van der Waals surface area contributed by atoms with Crippen LogP contribution in [0.4, 0.5) is 0 Å². The first-order valence-corrected chi connectivity index (χ1v) is 5.76. The van der Waals surface area contributed by atoms with Gasteiger partial charge in [-0.1, -0.05) is 24.6 Å². The number of ether oxygens (including phenoxy) is 1. The van der Waals surface area contributed by atoms with Gasteiger partial charge in [0.1, 0.15) is 0 Å². The normalized spacial score (nSPS) is 12.0. The topological polar surface area (TPSA) is 22.1 Å². The molecule has 2 heteroatoms. The van der Waals surface area contributed by atoms with E-state index in [1.54, 1.807) is 7.11 Å². The van der Waals surface area contributed by atoms with E-state index in [4.69, 9.17) is 4.74 Å².